The lowest BCUT2D eigenvalue weighted by Crippen LogP contribution is -2.07. The molecule has 0 rings (SSSR count). The first-order valence-electron chi connectivity index (χ1n) is 4.82. The summed E-state index contributed by atoms with van der Waals surface area (Å²) in [4.78, 5) is 10.0. The predicted octanol–water partition coefficient (Wildman–Crippen LogP) is 2.15. The van der Waals surface area contributed by atoms with Gasteiger partial charge >= 0.3 is 0 Å². The molecule has 0 fully saturated rings. The molecule has 0 aliphatic heterocycles. The van der Waals surface area contributed by atoms with Gasteiger partial charge in [0.15, 0.2) is 0 Å². The van der Waals surface area contributed by atoms with Crippen LogP contribution in [-0.2, 0) is 4.79 Å². The third-order valence-electron chi connectivity index (χ3n) is 2.30. The van der Waals surface area contributed by atoms with Crippen molar-refractivity contribution in [1.82, 2.24) is 0 Å². The van der Waals surface area contributed by atoms with Gasteiger partial charge in [0.2, 0.25) is 0 Å². The maximum atomic E-state index is 10.0. The Morgan fingerprint density at radius 1 is 1.42 bits per heavy atom. The summed E-state index contributed by atoms with van der Waals surface area (Å²) in [6, 6.07) is 0. The Balaban J connectivity index is 3.23. The number of hydrogen-bond acceptors (Lipinski definition) is 2. The number of aldehydes is 1. The van der Waals surface area contributed by atoms with Crippen molar-refractivity contribution in [2.75, 3.05) is 0 Å². The number of aliphatic hydroxyl groups excluding tert-OH is 1. The van der Waals surface area contributed by atoms with Gasteiger partial charge in [-0.15, -0.1) is 0 Å². The van der Waals surface area contributed by atoms with E-state index in [2.05, 4.69) is 13.8 Å². The normalized spacial score (nSPS) is 15.6. The molecule has 0 aromatic carbocycles. The summed E-state index contributed by atoms with van der Waals surface area (Å²) >= 11 is 0. The van der Waals surface area contributed by atoms with Crippen LogP contribution in [-0.4, -0.2) is 17.5 Å². The standard InChI is InChI=1S/C10H20O2/c1-3-9(2)5-4-6-10(12)7-8-11/h8-10,12H,3-7H2,1-2H3. The Bertz CT molecular complexity index is 112. The monoisotopic (exact) mass is 172 g/mol. The van der Waals surface area contributed by atoms with Gasteiger partial charge in [0, 0.05) is 6.42 Å². The maximum Gasteiger partial charge on any atom is 0.122 e. The van der Waals surface area contributed by atoms with E-state index in [0.29, 0.717) is 6.42 Å². The molecule has 0 bridgehead atoms. The first kappa shape index (κ1) is 11.6. The van der Waals surface area contributed by atoms with Gasteiger partial charge in [0.1, 0.15) is 6.29 Å². The molecule has 0 aliphatic rings. The van der Waals surface area contributed by atoms with E-state index >= 15 is 0 Å². The molecule has 0 radical (unpaired) electrons. The van der Waals surface area contributed by atoms with E-state index < -0.39 is 6.10 Å². The van der Waals surface area contributed by atoms with Gasteiger partial charge < -0.3 is 9.90 Å². The molecule has 2 heteroatoms. The first-order chi connectivity index (χ1) is 5.70. The predicted molar refractivity (Wildman–Crippen MR) is 50.0 cm³/mol. The third kappa shape index (κ3) is 6.35. The summed E-state index contributed by atoms with van der Waals surface area (Å²) < 4.78 is 0. The van der Waals surface area contributed by atoms with Crippen molar-refractivity contribution in [2.24, 2.45) is 5.92 Å². The van der Waals surface area contributed by atoms with Crippen molar-refractivity contribution in [3.05, 3.63) is 0 Å². The SMILES string of the molecule is CCC(C)CCCC(O)CC=O. The molecule has 0 heterocycles. The van der Waals surface area contributed by atoms with Gasteiger partial charge in [-0.1, -0.05) is 33.1 Å². The molecule has 2 nitrogen and oxygen atoms in total. The summed E-state index contributed by atoms with van der Waals surface area (Å²) in [6.45, 7) is 4.39. The van der Waals surface area contributed by atoms with E-state index in [4.69, 9.17) is 0 Å². The van der Waals surface area contributed by atoms with E-state index in [1.165, 1.54) is 6.42 Å². The smallest absolute Gasteiger partial charge is 0.122 e. The molecule has 0 saturated heterocycles. The van der Waals surface area contributed by atoms with Crippen LogP contribution in [0.1, 0.15) is 46.0 Å². The summed E-state index contributed by atoms with van der Waals surface area (Å²) in [5, 5.41) is 9.20. The summed E-state index contributed by atoms with van der Waals surface area (Å²) in [5.74, 6) is 0.744. The zero-order valence-corrected chi connectivity index (χ0v) is 8.12. The van der Waals surface area contributed by atoms with Crippen molar-refractivity contribution in [1.29, 1.82) is 0 Å². The minimum absolute atomic E-state index is 0.292. The van der Waals surface area contributed by atoms with E-state index in [9.17, 15) is 9.90 Å². The lowest BCUT2D eigenvalue weighted by Gasteiger charge is -2.09. The van der Waals surface area contributed by atoms with E-state index in [1.54, 1.807) is 0 Å². The molecule has 0 aliphatic carbocycles. The van der Waals surface area contributed by atoms with Crippen LogP contribution in [0.15, 0.2) is 0 Å². The second kappa shape index (κ2) is 7.29. The van der Waals surface area contributed by atoms with Gasteiger partial charge in [-0.05, 0) is 12.3 Å². The molecule has 2 atom stereocenters. The Morgan fingerprint density at radius 3 is 2.58 bits per heavy atom. The fourth-order valence-electron chi connectivity index (χ4n) is 1.13. The second-order valence-electron chi connectivity index (χ2n) is 3.50. The highest BCUT2D eigenvalue weighted by Gasteiger charge is 2.04. The minimum atomic E-state index is -0.411. The van der Waals surface area contributed by atoms with Crippen LogP contribution >= 0.6 is 0 Å². The van der Waals surface area contributed by atoms with E-state index in [0.717, 1.165) is 31.5 Å². The Labute approximate surface area is 75.0 Å². The highest BCUT2D eigenvalue weighted by atomic mass is 16.3. The zero-order chi connectivity index (χ0) is 9.40. The minimum Gasteiger partial charge on any atom is -0.393 e. The van der Waals surface area contributed by atoms with E-state index in [1.807, 2.05) is 0 Å². The Kier molecular flexibility index (Phi) is 7.06. The fourth-order valence-corrected chi connectivity index (χ4v) is 1.13. The van der Waals surface area contributed by atoms with E-state index in [-0.39, 0.29) is 0 Å². The van der Waals surface area contributed by atoms with Gasteiger partial charge in [-0.25, -0.2) is 0 Å². The molecule has 0 spiro atoms. The third-order valence-corrected chi connectivity index (χ3v) is 2.30. The number of aliphatic hydroxyl groups is 1. The van der Waals surface area contributed by atoms with Crippen LogP contribution in [0.2, 0.25) is 0 Å². The van der Waals surface area contributed by atoms with Crippen molar-refractivity contribution in [3.63, 3.8) is 0 Å². The number of rotatable bonds is 7. The van der Waals surface area contributed by atoms with Crippen molar-refractivity contribution in [3.8, 4) is 0 Å². The van der Waals surface area contributed by atoms with Crippen molar-refractivity contribution >= 4 is 6.29 Å². The molecule has 72 valence electrons. The average molecular weight is 172 g/mol. The zero-order valence-electron chi connectivity index (χ0n) is 8.12. The highest BCUT2D eigenvalue weighted by Crippen LogP contribution is 2.12. The molecule has 1 N–H and O–H groups in total. The summed E-state index contributed by atoms with van der Waals surface area (Å²) in [6.07, 6.45) is 4.82. The van der Waals surface area contributed by atoms with Gasteiger partial charge in [-0.2, -0.15) is 0 Å². The van der Waals surface area contributed by atoms with Crippen molar-refractivity contribution in [2.45, 2.75) is 52.1 Å². The first-order valence-corrected chi connectivity index (χ1v) is 4.82. The van der Waals surface area contributed by atoms with Crippen LogP contribution in [0.3, 0.4) is 0 Å². The molecular formula is C10H20O2. The molecule has 0 aromatic rings. The number of hydrogen-bond donors (Lipinski definition) is 1. The topological polar surface area (TPSA) is 37.3 Å². The largest absolute Gasteiger partial charge is 0.393 e. The lowest BCUT2D eigenvalue weighted by atomic mass is 10.00. The van der Waals surface area contributed by atoms with Crippen LogP contribution < -0.4 is 0 Å². The Hall–Kier alpha value is -0.370. The molecular weight excluding hydrogens is 152 g/mol. The number of carbonyl (C=O) groups excluding carboxylic acids is 1. The van der Waals surface area contributed by atoms with Crippen LogP contribution in [0.25, 0.3) is 0 Å². The van der Waals surface area contributed by atoms with Crippen LogP contribution in [0.4, 0.5) is 0 Å². The summed E-state index contributed by atoms with van der Waals surface area (Å²) in [5.41, 5.74) is 0. The number of carbonyl (C=O) groups is 1. The molecule has 12 heavy (non-hydrogen) atoms. The second-order valence-corrected chi connectivity index (χ2v) is 3.50. The van der Waals surface area contributed by atoms with Gasteiger partial charge in [0.25, 0.3) is 0 Å². The molecule has 0 saturated carbocycles. The highest BCUT2D eigenvalue weighted by molar-refractivity contribution is 5.49. The molecule has 2 unspecified atom stereocenters. The molecule has 0 amide bonds. The van der Waals surface area contributed by atoms with Gasteiger partial charge in [0.05, 0.1) is 6.10 Å². The molecule has 0 aromatic heterocycles. The van der Waals surface area contributed by atoms with Gasteiger partial charge in [-0.3, -0.25) is 0 Å². The maximum absolute atomic E-state index is 10.0. The van der Waals surface area contributed by atoms with Crippen LogP contribution in [0, 0.1) is 5.92 Å². The average Bonchev–Trinajstić information content (AvgIpc) is 2.04. The summed E-state index contributed by atoms with van der Waals surface area (Å²) in [7, 11) is 0. The van der Waals surface area contributed by atoms with Crippen LogP contribution in [0.5, 0.6) is 0 Å². The lowest BCUT2D eigenvalue weighted by molar-refractivity contribution is -0.109. The quantitative estimate of drug-likeness (QED) is 0.597. The Morgan fingerprint density at radius 2 is 2.08 bits per heavy atom. The van der Waals surface area contributed by atoms with Crippen molar-refractivity contribution < 1.29 is 9.90 Å². The fraction of sp³-hybridized carbons (Fsp3) is 0.900.